The molecular formula is C23H29NO. The first-order valence-corrected chi connectivity index (χ1v) is 9.13. The van der Waals surface area contributed by atoms with E-state index in [0.717, 1.165) is 29.8 Å². The summed E-state index contributed by atoms with van der Waals surface area (Å²) in [6.07, 6.45) is 4.25. The van der Waals surface area contributed by atoms with Crippen molar-refractivity contribution in [1.29, 1.82) is 0 Å². The van der Waals surface area contributed by atoms with E-state index in [1.165, 1.54) is 11.3 Å². The molecule has 0 atom stereocenters. The quantitative estimate of drug-likeness (QED) is 0.689. The Hall–Kier alpha value is -2.09. The maximum Gasteiger partial charge on any atom is 0.186 e. The van der Waals surface area contributed by atoms with Crippen molar-refractivity contribution in [3.05, 3.63) is 64.8 Å². The van der Waals surface area contributed by atoms with E-state index in [4.69, 9.17) is 0 Å². The van der Waals surface area contributed by atoms with Gasteiger partial charge >= 0.3 is 0 Å². The van der Waals surface area contributed by atoms with Gasteiger partial charge in [-0.05, 0) is 34.1 Å². The Morgan fingerprint density at radius 1 is 0.840 bits per heavy atom. The van der Waals surface area contributed by atoms with Crippen molar-refractivity contribution in [3.63, 3.8) is 0 Å². The van der Waals surface area contributed by atoms with Gasteiger partial charge in [-0.25, -0.2) is 0 Å². The second-order valence-electron chi connectivity index (χ2n) is 9.10. The number of ketones is 1. The maximum atomic E-state index is 13.1. The lowest BCUT2D eigenvalue weighted by molar-refractivity contribution is -0.114. The van der Waals surface area contributed by atoms with E-state index in [9.17, 15) is 4.79 Å². The van der Waals surface area contributed by atoms with Crippen LogP contribution in [-0.4, -0.2) is 23.8 Å². The van der Waals surface area contributed by atoms with Gasteiger partial charge in [-0.1, -0.05) is 71.9 Å². The van der Waals surface area contributed by atoms with Crippen LogP contribution in [0.5, 0.6) is 0 Å². The number of nitrogens with zero attached hydrogens (tertiary/aromatic N) is 1. The first kappa shape index (κ1) is 17.7. The van der Waals surface area contributed by atoms with E-state index in [2.05, 4.69) is 82.9 Å². The summed E-state index contributed by atoms with van der Waals surface area (Å²) < 4.78 is 0. The number of allylic oxidation sites excluding steroid dienone is 5. The molecule has 0 spiro atoms. The summed E-state index contributed by atoms with van der Waals surface area (Å²) in [5, 5.41) is 0. The van der Waals surface area contributed by atoms with Crippen LogP contribution < -0.4 is 0 Å². The zero-order valence-corrected chi connectivity index (χ0v) is 16.3. The fourth-order valence-corrected chi connectivity index (χ4v) is 3.28. The van der Waals surface area contributed by atoms with Gasteiger partial charge in [0.15, 0.2) is 5.78 Å². The summed E-state index contributed by atoms with van der Waals surface area (Å²) in [5.74, 6) is 0.196. The average Bonchev–Trinajstić information content (AvgIpc) is 3.32. The van der Waals surface area contributed by atoms with E-state index in [-0.39, 0.29) is 16.6 Å². The lowest BCUT2D eigenvalue weighted by Crippen LogP contribution is -2.28. The predicted octanol–water partition coefficient (Wildman–Crippen LogP) is 5.24. The van der Waals surface area contributed by atoms with Crippen LogP contribution in [0.3, 0.4) is 0 Å². The molecule has 1 heterocycles. The number of hydrogen-bond donors (Lipinski definition) is 0. The Bertz CT molecular complexity index is 740. The van der Waals surface area contributed by atoms with Gasteiger partial charge in [0.25, 0.3) is 0 Å². The van der Waals surface area contributed by atoms with Gasteiger partial charge in [0, 0.05) is 24.2 Å². The molecule has 25 heavy (non-hydrogen) atoms. The Morgan fingerprint density at radius 3 is 1.72 bits per heavy atom. The minimum Gasteiger partial charge on any atom is -0.367 e. The fraction of sp³-hybridized carbons (Fsp3) is 0.435. The number of carbonyl (C=O) groups excluding carboxylic acids is 1. The molecule has 0 unspecified atom stereocenters. The van der Waals surface area contributed by atoms with Crippen molar-refractivity contribution in [2.24, 2.45) is 10.8 Å². The van der Waals surface area contributed by atoms with Crippen LogP contribution in [0.25, 0.3) is 5.70 Å². The highest BCUT2D eigenvalue weighted by atomic mass is 16.1. The summed E-state index contributed by atoms with van der Waals surface area (Å²) in [6, 6.07) is 10.5. The molecule has 0 amide bonds. The second kappa shape index (κ2) is 6.01. The molecule has 1 aliphatic carbocycles. The van der Waals surface area contributed by atoms with E-state index >= 15 is 0 Å². The fourth-order valence-electron chi connectivity index (χ4n) is 3.28. The SMILES string of the molecule is CC(C)(C)C1=CC(=C(c2ccccc2)N2CC2)C=C(C(C)(C)C)C1=O. The third-order valence-corrected chi connectivity index (χ3v) is 4.79. The predicted molar refractivity (Wildman–Crippen MR) is 105 cm³/mol. The highest BCUT2D eigenvalue weighted by Gasteiger charge is 2.35. The maximum absolute atomic E-state index is 13.1. The van der Waals surface area contributed by atoms with E-state index in [0.29, 0.717) is 0 Å². The topological polar surface area (TPSA) is 20.1 Å². The van der Waals surface area contributed by atoms with Crippen LogP contribution in [-0.2, 0) is 4.79 Å². The van der Waals surface area contributed by atoms with E-state index < -0.39 is 0 Å². The third kappa shape index (κ3) is 3.63. The smallest absolute Gasteiger partial charge is 0.186 e. The Balaban J connectivity index is 2.25. The zero-order valence-electron chi connectivity index (χ0n) is 16.3. The van der Waals surface area contributed by atoms with Crippen molar-refractivity contribution < 1.29 is 4.79 Å². The molecule has 0 N–H and O–H groups in total. The van der Waals surface area contributed by atoms with Crippen LogP contribution >= 0.6 is 0 Å². The molecule has 3 rings (SSSR count). The first-order chi connectivity index (χ1) is 11.6. The van der Waals surface area contributed by atoms with Gasteiger partial charge in [-0.15, -0.1) is 0 Å². The van der Waals surface area contributed by atoms with Gasteiger partial charge in [0.1, 0.15) is 0 Å². The van der Waals surface area contributed by atoms with E-state index in [1.807, 2.05) is 6.07 Å². The molecule has 2 nitrogen and oxygen atoms in total. The Labute approximate surface area is 151 Å². The number of Topliss-reactive ketones (excluding diaryl/α,β-unsaturated/α-hetero) is 1. The molecule has 1 aliphatic heterocycles. The Morgan fingerprint density at radius 2 is 1.32 bits per heavy atom. The average molecular weight is 335 g/mol. The number of benzene rings is 1. The van der Waals surface area contributed by atoms with Crippen molar-refractivity contribution in [3.8, 4) is 0 Å². The zero-order chi connectivity index (χ0) is 18.4. The monoisotopic (exact) mass is 335 g/mol. The van der Waals surface area contributed by atoms with Crippen molar-refractivity contribution >= 4 is 11.5 Å². The first-order valence-electron chi connectivity index (χ1n) is 9.13. The molecule has 1 saturated heterocycles. The summed E-state index contributed by atoms with van der Waals surface area (Å²) in [7, 11) is 0. The summed E-state index contributed by atoms with van der Waals surface area (Å²) in [4.78, 5) is 15.5. The molecule has 0 saturated carbocycles. The van der Waals surface area contributed by atoms with Crippen molar-refractivity contribution in [2.75, 3.05) is 13.1 Å². The molecule has 132 valence electrons. The molecule has 0 radical (unpaired) electrons. The standard InChI is InChI=1S/C23H29NO/c1-22(2,3)18-14-17(15-19(21(18)25)23(4,5)6)20(24-12-13-24)16-10-8-7-9-11-16/h7-11,14-15H,12-13H2,1-6H3. The van der Waals surface area contributed by atoms with Gasteiger partial charge in [0.2, 0.25) is 0 Å². The number of hydrogen-bond acceptors (Lipinski definition) is 2. The molecule has 0 bridgehead atoms. The van der Waals surface area contributed by atoms with Gasteiger partial charge in [0.05, 0.1) is 5.70 Å². The molecule has 1 fully saturated rings. The minimum absolute atomic E-state index is 0.173. The highest BCUT2D eigenvalue weighted by Crippen LogP contribution is 2.41. The summed E-state index contributed by atoms with van der Waals surface area (Å²) in [5.41, 5.74) is 5.10. The molecule has 2 heteroatoms. The van der Waals surface area contributed by atoms with Gasteiger partial charge < -0.3 is 4.90 Å². The van der Waals surface area contributed by atoms with E-state index in [1.54, 1.807) is 0 Å². The van der Waals surface area contributed by atoms with Gasteiger partial charge in [-0.2, -0.15) is 0 Å². The summed E-state index contributed by atoms with van der Waals surface area (Å²) >= 11 is 0. The van der Waals surface area contributed by atoms with Crippen LogP contribution in [0, 0.1) is 10.8 Å². The van der Waals surface area contributed by atoms with Crippen LogP contribution in [0.2, 0.25) is 0 Å². The molecular weight excluding hydrogens is 306 g/mol. The van der Waals surface area contributed by atoms with Gasteiger partial charge in [-0.3, -0.25) is 4.79 Å². The third-order valence-electron chi connectivity index (χ3n) is 4.79. The van der Waals surface area contributed by atoms with Crippen molar-refractivity contribution in [2.45, 2.75) is 41.5 Å². The van der Waals surface area contributed by atoms with Crippen LogP contribution in [0.4, 0.5) is 0 Å². The molecule has 1 aromatic carbocycles. The molecule has 0 aromatic heterocycles. The summed E-state index contributed by atoms with van der Waals surface area (Å²) in [6.45, 7) is 14.9. The second-order valence-corrected chi connectivity index (χ2v) is 9.10. The molecule has 1 aromatic rings. The number of rotatable bonds is 2. The minimum atomic E-state index is -0.173. The largest absolute Gasteiger partial charge is 0.367 e. The number of carbonyl (C=O) groups is 1. The van der Waals surface area contributed by atoms with Crippen molar-refractivity contribution in [1.82, 2.24) is 4.90 Å². The van der Waals surface area contributed by atoms with Crippen LogP contribution in [0.15, 0.2) is 59.2 Å². The van der Waals surface area contributed by atoms with Crippen LogP contribution in [0.1, 0.15) is 47.1 Å². The molecule has 2 aliphatic rings. The lowest BCUT2D eigenvalue weighted by atomic mass is 9.71. The highest BCUT2D eigenvalue weighted by molar-refractivity contribution is 6.12. The Kier molecular flexibility index (Phi) is 4.26. The lowest BCUT2D eigenvalue weighted by Gasteiger charge is -2.32. The normalized spacial score (nSPS) is 18.1.